The fourth-order valence-corrected chi connectivity index (χ4v) is 3.22. The summed E-state index contributed by atoms with van der Waals surface area (Å²) in [5.41, 5.74) is 0.981. The predicted molar refractivity (Wildman–Crippen MR) is 108 cm³/mol. The number of methoxy groups -OCH3 is 3. The first kappa shape index (κ1) is 20.5. The third-order valence-electron chi connectivity index (χ3n) is 4.33. The number of nitrogens with zero attached hydrogens (tertiary/aromatic N) is 1. The van der Waals surface area contributed by atoms with E-state index in [4.69, 9.17) is 25.8 Å². The zero-order valence-electron chi connectivity index (χ0n) is 16.1. The first-order valence-corrected chi connectivity index (χ1v) is 9.08. The average molecular weight is 418 g/mol. The Bertz CT molecular complexity index is 977. The number of nitrogens with one attached hydrogen (secondary N) is 2. The van der Waals surface area contributed by atoms with Gasteiger partial charge < -0.3 is 14.2 Å². The standard InChI is InChI=1S/C20H20ClN3O5/c1-27-15-8-7-13(17(28-2)18(15)29-3)14-10-16(25)23-20(22-14)24-19(26)11-5-4-6-12(21)9-11/h4-9,14H,10H2,1-3H3,(H2,22,23,24,25,26)/t14-/m1/s1. The Labute approximate surface area is 172 Å². The van der Waals surface area contributed by atoms with Gasteiger partial charge in [-0.05, 0) is 30.3 Å². The Morgan fingerprint density at radius 1 is 1.14 bits per heavy atom. The van der Waals surface area contributed by atoms with Gasteiger partial charge in [-0.3, -0.25) is 20.2 Å². The molecule has 0 saturated heterocycles. The maximum absolute atomic E-state index is 12.5. The summed E-state index contributed by atoms with van der Waals surface area (Å²) < 4.78 is 16.2. The van der Waals surface area contributed by atoms with Crippen molar-refractivity contribution in [1.29, 1.82) is 0 Å². The molecule has 2 amide bonds. The van der Waals surface area contributed by atoms with Crippen molar-refractivity contribution >= 4 is 29.4 Å². The van der Waals surface area contributed by atoms with Gasteiger partial charge >= 0.3 is 0 Å². The molecule has 0 unspecified atom stereocenters. The molecule has 152 valence electrons. The lowest BCUT2D eigenvalue weighted by Gasteiger charge is -2.24. The Kier molecular flexibility index (Phi) is 6.23. The van der Waals surface area contributed by atoms with Crippen molar-refractivity contribution in [2.75, 3.05) is 21.3 Å². The molecular formula is C20H20ClN3O5. The number of benzene rings is 2. The van der Waals surface area contributed by atoms with Crippen molar-refractivity contribution in [2.24, 2.45) is 4.99 Å². The summed E-state index contributed by atoms with van der Waals surface area (Å²) in [5, 5.41) is 5.61. The molecule has 2 N–H and O–H groups in total. The van der Waals surface area contributed by atoms with Crippen molar-refractivity contribution < 1.29 is 23.8 Å². The van der Waals surface area contributed by atoms with E-state index in [0.717, 1.165) is 0 Å². The summed E-state index contributed by atoms with van der Waals surface area (Å²) >= 11 is 5.93. The molecular weight excluding hydrogens is 398 g/mol. The molecule has 3 rings (SSSR count). The molecule has 0 aliphatic carbocycles. The van der Waals surface area contributed by atoms with Gasteiger partial charge in [-0.25, -0.2) is 4.99 Å². The summed E-state index contributed by atoms with van der Waals surface area (Å²) in [4.78, 5) is 29.2. The van der Waals surface area contributed by atoms with Crippen LogP contribution in [0.3, 0.4) is 0 Å². The quantitative estimate of drug-likeness (QED) is 0.779. The summed E-state index contributed by atoms with van der Waals surface area (Å²) in [6.45, 7) is 0. The smallest absolute Gasteiger partial charge is 0.258 e. The second-order valence-corrected chi connectivity index (χ2v) is 6.57. The molecule has 0 fully saturated rings. The molecule has 2 aromatic carbocycles. The van der Waals surface area contributed by atoms with E-state index >= 15 is 0 Å². The highest BCUT2D eigenvalue weighted by Gasteiger charge is 2.28. The van der Waals surface area contributed by atoms with Crippen LogP contribution >= 0.6 is 11.6 Å². The van der Waals surface area contributed by atoms with Gasteiger partial charge in [0.2, 0.25) is 17.6 Å². The van der Waals surface area contributed by atoms with E-state index in [-0.39, 0.29) is 18.3 Å². The van der Waals surface area contributed by atoms with Gasteiger partial charge in [0, 0.05) is 16.1 Å². The fourth-order valence-electron chi connectivity index (χ4n) is 3.03. The third kappa shape index (κ3) is 4.43. The second kappa shape index (κ2) is 8.83. The second-order valence-electron chi connectivity index (χ2n) is 6.13. The summed E-state index contributed by atoms with van der Waals surface area (Å²) in [5.74, 6) is 0.628. The average Bonchev–Trinajstić information content (AvgIpc) is 2.71. The lowest BCUT2D eigenvalue weighted by Crippen LogP contribution is -2.47. The van der Waals surface area contributed by atoms with Gasteiger partial charge in [0.05, 0.1) is 33.8 Å². The largest absolute Gasteiger partial charge is 0.493 e. The number of hydrogen-bond donors (Lipinski definition) is 2. The Morgan fingerprint density at radius 2 is 1.90 bits per heavy atom. The number of amides is 2. The van der Waals surface area contributed by atoms with Gasteiger partial charge in [0.25, 0.3) is 5.91 Å². The number of hydrogen-bond acceptors (Lipinski definition) is 6. The van der Waals surface area contributed by atoms with Gasteiger partial charge in [0.15, 0.2) is 11.5 Å². The van der Waals surface area contributed by atoms with Crippen LogP contribution in [0.15, 0.2) is 41.4 Å². The number of carbonyl (C=O) groups is 2. The van der Waals surface area contributed by atoms with Crippen molar-refractivity contribution in [3.8, 4) is 17.2 Å². The van der Waals surface area contributed by atoms with Gasteiger partial charge in [0.1, 0.15) is 0 Å². The van der Waals surface area contributed by atoms with Crippen molar-refractivity contribution in [2.45, 2.75) is 12.5 Å². The maximum Gasteiger partial charge on any atom is 0.258 e. The molecule has 2 aromatic rings. The van der Waals surface area contributed by atoms with E-state index in [2.05, 4.69) is 15.6 Å². The number of rotatable bonds is 5. The van der Waals surface area contributed by atoms with Crippen LogP contribution in [0.1, 0.15) is 28.4 Å². The van der Waals surface area contributed by atoms with Crippen molar-refractivity contribution in [3.63, 3.8) is 0 Å². The minimum Gasteiger partial charge on any atom is -0.493 e. The van der Waals surface area contributed by atoms with Crippen LogP contribution in [0, 0.1) is 0 Å². The molecule has 1 heterocycles. The Hall–Kier alpha value is -3.26. The third-order valence-corrected chi connectivity index (χ3v) is 4.57. The number of ether oxygens (including phenoxy) is 3. The Balaban J connectivity index is 1.92. The first-order valence-electron chi connectivity index (χ1n) is 8.70. The highest BCUT2D eigenvalue weighted by Crippen LogP contribution is 2.44. The van der Waals surface area contributed by atoms with Gasteiger partial charge in [-0.1, -0.05) is 17.7 Å². The molecule has 8 nitrogen and oxygen atoms in total. The van der Waals surface area contributed by atoms with E-state index in [1.54, 1.807) is 30.3 Å². The topological polar surface area (TPSA) is 98.3 Å². The predicted octanol–water partition coefficient (Wildman–Crippen LogP) is 2.71. The van der Waals surface area contributed by atoms with E-state index in [9.17, 15) is 9.59 Å². The minimum atomic E-state index is -0.576. The van der Waals surface area contributed by atoms with Gasteiger partial charge in [-0.2, -0.15) is 0 Å². The molecule has 0 bridgehead atoms. The van der Waals surface area contributed by atoms with Crippen LogP contribution in [0.2, 0.25) is 5.02 Å². The van der Waals surface area contributed by atoms with Crippen LogP contribution < -0.4 is 24.8 Å². The Morgan fingerprint density at radius 3 is 2.55 bits per heavy atom. The van der Waals surface area contributed by atoms with Crippen LogP contribution in [0.5, 0.6) is 17.2 Å². The molecule has 0 saturated carbocycles. The number of halogens is 1. The number of aliphatic imine (C=N–C) groups is 1. The fraction of sp³-hybridized carbons (Fsp3) is 0.250. The van der Waals surface area contributed by atoms with Crippen LogP contribution in [-0.2, 0) is 4.79 Å². The monoisotopic (exact) mass is 417 g/mol. The summed E-state index contributed by atoms with van der Waals surface area (Å²) in [6.07, 6.45) is 0.0857. The molecule has 1 aliphatic heterocycles. The molecule has 29 heavy (non-hydrogen) atoms. The van der Waals surface area contributed by atoms with E-state index < -0.39 is 11.9 Å². The minimum absolute atomic E-state index is 0.0491. The number of carbonyl (C=O) groups excluding carboxylic acids is 2. The van der Waals surface area contributed by atoms with E-state index in [1.807, 2.05) is 0 Å². The van der Waals surface area contributed by atoms with E-state index in [1.165, 1.54) is 27.4 Å². The van der Waals surface area contributed by atoms with Gasteiger partial charge in [-0.15, -0.1) is 0 Å². The highest BCUT2D eigenvalue weighted by molar-refractivity contribution is 6.31. The zero-order valence-corrected chi connectivity index (χ0v) is 16.9. The summed E-state index contributed by atoms with van der Waals surface area (Å²) in [7, 11) is 4.51. The molecule has 0 aromatic heterocycles. The van der Waals surface area contributed by atoms with Crippen molar-refractivity contribution in [3.05, 3.63) is 52.5 Å². The molecule has 1 aliphatic rings. The maximum atomic E-state index is 12.5. The molecule has 0 spiro atoms. The van der Waals surface area contributed by atoms with Crippen LogP contribution in [0.4, 0.5) is 0 Å². The zero-order chi connectivity index (χ0) is 21.0. The normalized spacial score (nSPS) is 15.8. The molecule has 0 radical (unpaired) electrons. The van der Waals surface area contributed by atoms with E-state index in [0.29, 0.717) is 33.4 Å². The van der Waals surface area contributed by atoms with Crippen LogP contribution in [-0.4, -0.2) is 39.1 Å². The molecule has 9 heteroatoms. The van der Waals surface area contributed by atoms with Crippen molar-refractivity contribution in [1.82, 2.24) is 10.6 Å². The number of guanidine groups is 1. The van der Waals surface area contributed by atoms with Crippen LogP contribution in [0.25, 0.3) is 0 Å². The SMILES string of the molecule is COc1ccc([C@H]2CC(=O)NC(NC(=O)c3cccc(Cl)c3)=N2)c(OC)c1OC. The first-order chi connectivity index (χ1) is 14.0. The lowest BCUT2D eigenvalue weighted by atomic mass is 10.0. The lowest BCUT2D eigenvalue weighted by molar-refractivity contribution is -0.120. The molecule has 1 atom stereocenters. The summed E-state index contributed by atoms with van der Waals surface area (Å²) in [6, 6.07) is 9.35. The highest BCUT2D eigenvalue weighted by atomic mass is 35.5.